The van der Waals surface area contributed by atoms with E-state index in [1.54, 1.807) is 0 Å². The molecule has 1 aromatic rings. The maximum atomic E-state index is 12.2. The summed E-state index contributed by atoms with van der Waals surface area (Å²) in [6.07, 6.45) is 2.38. The molecule has 0 bridgehead atoms. The Morgan fingerprint density at radius 2 is 2.08 bits per heavy atom. The fourth-order valence-electron chi connectivity index (χ4n) is 3.17. The number of ether oxygens (including phenoxy) is 1. The van der Waals surface area contributed by atoms with Crippen LogP contribution in [-0.2, 0) is 14.3 Å². The van der Waals surface area contributed by atoms with Gasteiger partial charge in [-0.2, -0.15) is 0 Å². The number of benzene rings is 1. The maximum Gasteiger partial charge on any atom is 0.314 e. The summed E-state index contributed by atoms with van der Waals surface area (Å²) < 4.78 is 5.12. The summed E-state index contributed by atoms with van der Waals surface area (Å²) in [4.78, 5) is 25.3. The summed E-state index contributed by atoms with van der Waals surface area (Å²) >= 11 is 0. The van der Waals surface area contributed by atoms with E-state index >= 15 is 0 Å². The molecule has 2 rings (SSSR count). The van der Waals surface area contributed by atoms with E-state index in [-0.39, 0.29) is 17.8 Å². The lowest BCUT2D eigenvalue weighted by atomic mass is 9.98. The summed E-state index contributed by atoms with van der Waals surface area (Å²) in [6.45, 7) is 8.92. The van der Waals surface area contributed by atoms with Crippen LogP contribution in [0.4, 0.5) is 5.69 Å². The smallest absolute Gasteiger partial charge is 0.314 e. The van der Waals surface area contributed by atoms with Crippen LogP contribution in [0.2, 0.25) is 0 Å². The normalized spacial score (nSPS) is 20.5. The monoisotopic (exact) mass is 333 g/mol. The molecule has 1 aromatic carbocycles. The number of amides is 1. The fourth-order valence-corrected chi connectivity index (χ4v) is 3.17. The van der Waals surface area contributed by atoms with Gasteiger partial charge in [-0.25, -0.2) is 0 Å². The topological polar surface area (TPSA) is 59.8 Å². The van der Waals surface area contributed by atoms with Crippen LogP contribution in [-0.4, -0.2) is 38.1 Å². The highest BCUT2D eigenvalue weighted by Crippen LogP contribution is 2.14. The molecule has 24 heavy (non-hydrogen) atoms. The van der Waals surface area contributed by atoms with Crippen molar-refractivity contribution in [2.24, 2.45) is 5.92 Å². The van der Waals surface area contributed by atoms with Gasteiger partial charge in [0.05, 0.1) is 32.7 Å². The highest BCUT2D eigenvalue weighted by atomic mass is 16.5. The van der Waals surface area contributed by atoms with Crippen molar-refractivity contribution in [3.63, 3.8) is 0 Å². The van der Waals surface area contributed by atoms with E-state index in [1.165, 1.54) is 16.0 Å². The number of carbonyl (C=O) groups excluding carboxylic acids is 2. The average molecular weight is 333 g/mol. The van der Waals surface area contributed by atoms with Gasteiger partial charge in [-0.15, -0.1) is 0 Å². The largest absolute Gasteiger partial charge is 0.466 e. The second kappa shape index (κ2) is 8.83. The first-order valence-electron chi connectivity index (χ1n) is 8.87. The molecular formula is C19H29N2O3+. The molecule has 1 fully saturated rings. The van der Waals surface area contributed by atoms with Gasteiger partial charge in [0.1, 0.15) is 5.92 Å². The van der Waals surface area contributed by atoms with E-state index < -0.39 is 0 Å². The third-order valence-electron chi connectivity index (χ3n) is 4.73. The van der Waals surface area contributed by atoms with Crippen molar-refractivity contribution in [2.75, 3.05) is 31.6 Å². The zero-order chi connectivity index (χ0) is 17.5. The molecule has 0 aromatic heterocycles. The number of hydrogen-bond acceptors (Lipinski definition) is 3. The lowest BCUT2D eigenvalue weighted by Gasteiger charge is -2.28. The van der Waals surface area contributed by atoms with Crippen LogP contribution in [0.3, 0.4) is 0 Å². The second-order valence-corrected chi connectivity index (χ2v) is 6.64. The van der Waals surface area contributed by atoms with E-state index in [0.29, 0.717) is 13.0 Å². The first kappa shape index (κ1) is 18.5. The first-order chi connectivity index (χ1) is 11.5. The third kappa shape index (κ3) is 5.34. The Bertz CT molecular complexity index is 586. The summed E-state index contributed by atoms with van der Waals surface area (Å²) in [5, 5.41) is 2.96. The number of esters is 1. The van der Waals surface area contributed by atoms with E-state index in [9.17, 15) is 9.59 Å². The second-order valence-electron chi connectivity index (χ2n) is 6.64. The number of piperidine rings is 1. The quantitative estimate of drug-likeness (QED) is 0.776. The van der Waals surface area contributed by atoms with Crippen molar-refractivity contribution in [3.8, 4) is 0 Å². The summed E-state index contributed by atoms with van der Waals surface area (Å²) in [6, 6.07) is 5.95. The summed E-state index contributed by atoms with van der Waals surface area (Å²) in [7, 11) is 0. The van der Waals surface area contributed by atoms with Gasteiger partial charge in [0.15, 0.2) is 0 Å². The Morgan fingerprint density at radius 1 is 1.29 bits per heavy atom. The van der Waals surface area contributed by atoms with Gasteiger partial charge in [0.2, 0.25) is 5.91 Å². The van der Waals surface area contributed by atoms with Crippen molar-refractivity contribution in [1.82, 2.24) is 0 Å². The number of hydrogen-bond donors (Lipinski definition) is 2. The molecule has 1 aliphatic heterocycles. The highest BCUT2D eigenvalue weighted by molar-refractivity contribution is 5.90. The molecule has 0 aliphatic carbocycles. The Labute approximate surface area is 144 Å². The molecule has 2 atom stereocenters. The zero-order valence-electron chi connectivity index (χ0n) is 15.0. The minimum atomic E-state index is -0.0886. The van der Waals surface area contributed by atoms with Gasteiger partial charge in [0.25, 0.3) is 0 Å². The van der Waals surface area contributed by atoms with Gasteiger partial charge < -0.3 is 15.0 Å². The molecule has 0 radical (unpaired) electrons. The van der Waals surface area contributed by atoms with E-state index in [1.807, 2.05) is 32.0 Å². The molecule has 1 amide bonds. The molecular weight excluding hydrogens is 304 g/mol. The van der Waals surface area contributed by atoms with E-state index in [0.717, 1.165) is 38.2 Å². The van der Waals surface area contributed by atoms with Crippen molar-refractivity contribution >= 4 is 17.6 Å². The number of likely N-dealkylation sites (tertiary alicyclic amines) is 1. The van der Waals surface area contributed by atoms with Gasteiger partial charge in [-0.05, 0) is 56.9 Å². The van der Waals surface area contributed by atoms with Crippen LogP contribution >= 0.6 is 0 Å². The predicted octanol–water partition coefficient (Wildman–Crippen LogP) is 1.49. The van der Waals surface area contributed by atoms with Crippen LogP contribution in [0.1, 0.15) is 37.3 Å². The van der Waals surface area contributed by atoms with E-state index in [4.69, 9.17) is 4.74 Å². The molecule has 1 heterocycles. The Hall–Kier alpha value is -1.88. The van der Waals surface area contributed by atoms with Crippen molar-refractivity contribution in [3.05, 3.63) is 29.3 Å². The van der Waals surface area contributed by atoms with Crippen molar-refractivity contribution in [1.29, 1.82) is 0 Å². The molecule has 0 spiro atoms. The van der Waals surface area contributed by atoms with Crippen molar-refractivity contribution in [2.45, 2.75) is 40.0 Å². The van der Waals surface area contributed by atoms with Gasteiger partial charge >= 0.3 is 5.97 Å². The van der Waals surface area contributed by atoms with Crippen LogP contribution in [0, 0.1) is 19.8 Å². The lowest BCUT2D eigenvalue weighted by molar-refractivity contribution is -0.906. The number of aryl methyl sites for hydroxylation is 2. The Morgan fingerprint density at radius 3 is 2.79 bits per heavy atom. The zero-order valence-corrected chi connectivity index (χ0v) is 15.0. The standard InChI is InChI=1S/C19H28N2O3/c1-4-24-19(23)16-6-5-10-21(13-16)11-9-18(22)20-17-8-7-14(2)15(3)12-17/h7-8,12,16H,4-6,9-11,13H2,1-3H3,(H,20,22)/p+1/t16-/m1/s1. The number of nitrogens with one attached hydrogen (secondary N) is 2. The average Bonchev–Trinajstić information content (AvgIpc) is 2.57. The molecule has 2 N–H and O–H groups in total. The van der Waals surface area contributed by atoms with Crippen LogP contribution in [0.15, 0.2) is 18.2 Å². The molecule has 0 saturated carbocycles. The van der Waals surface area contributed by atoms with Gasteiger partial charge in [-0.3, -0.25) is 9.59 Å². The number of anilines is 1. The fraction of sp³-hybridized carbons (Fsp3) is 0.579. The van der Waals surface area contributed by atoms with Gasteiger partial charge in [0, 0.05) is 5.69 Å². The van der Waals surface area contributed by atoms with Crippen LogP contribution in [0.5, 0.6) is 0 Å². The van der Waals surface area contributed by atoms with Crippen molar-refractivity contribution < 1.29 is 19.2 Å². The first-order valence-corrected chi connectivity index (χ1v) is 8.87. The lowest BCUT2D eigenvalue weighted by Crippen LogP contribution is -3.13. The minimum Gasteiger partial charge on any atom is -0.466 e. The minimum absolute atomic E-state index is 0.0171. The summed E-state index contributed by atoms with van der Waals surface area (Å²) in [5.74, 6) is -0.0743. The van der Waals surface area contributed by atoms with E-state index in [2.05, 4.69) is 12.2 Å². The molecule has 132 valence electrons. The van der Waals surface area contributed by atoms with Crippen LogP contribution < -0.4 is 10.2 Å². The number of quaternary nitrogens is 1. The molecule has 1 unspecified atom stereocenters. The predicted molar refractivity (Wildman–Crippen MR) is 94.1 cm³/mol. The molecule has 5 heteroatoms. The number of rotatable bonds is 6. The molecule has 1 aliphatic rings. The Kier molecular flexibility index (Phi) is 6.79. The Balaban J connectivity index is 1.78. The highest BCUT2D eigenvalue weighted by Gasteiger charge is 2.29. The molecule has 5 nitrogen and oxygen atoms in total. The van der Waals surface area contributed by atoms with Gasteiger partial charge in [-0.1, -0.05) is 6.07 Å². The third-order valence-corrected chi connectivity index (χ3v) is 4.73. The number of carbonyl (C=O) groups is 2. The molecule has 1 saturated heterocycles. The maximum absolute atomic E-state index is 12.2. The SMILES string of the molecule is CCOC(=O)[C@@H]1CCC[NH+](CCC(=O)Nc2ccc(C)c(C)c2)C1. The summed E-state index contributed by atoms with van der Waals surface area (Å²) in [5.41, 5.74) is 3.24. The van der Waals surface area contributed by atoms with Crippen LogP contribution in [0.25, 0.3) is 0 Å².